The van der Waals surface area contributed by atoms with E-state index in [4.69, 9.17) is 9.47 Å². The molecule has 5 nitrogen and oxygen atoms in total. The third kappa shape index (κ3) is 27.7. The first kappa shape index (κ1) is 35.9. The van der Waals surface area contributed by atoms with Gasteiger partial charge in [-0.3, -0.25) is 9.59 Å². The number of carbonyl (C=O) groups is 2. The van der Waals surface area contributed by atoms with E-state index in [0.717, 1.165) is 38.5 Å². The molecule has 0 aliphatic heterocycles. The second kappa shape index (κ2) is 29.5. The number of ether oxygens (including phenoxy) is 2. The number of hydrogen-bond donors (Lipinski definition) is 1. The van der Waals surface area contributed by atoms with Crippen LogP contribution in [0.1, 0.15) is 174 Å². The molecule has 1 atom stereocenters. The molecule has 0 bridgehead atoms. The van der Waals surface area contributed by atoms with Crippen molar-refractivity contribution >= 4 is 11.9 Å². The SMILES string of the molecule is CCCCCCCCCCCCCCCC(=O)O[C@@H](CO)COC(=O)CCCCCCCCCCCC. The summed E-state index contributed by atoms with van der Waals surface area (Å²) in [4.78, 5) is 24.0. The summed E-state index contributed by atoms with van der Waals surface area (Å²) in [5.74, 6) is -0.585. The Hall–Kier alpha value is -1.10. The number of carbonyl (C=O) groups excluding carboxylic acids is 2. The molecule has 1 N–H and O–H groups in total. The fourth-order valence-corrected chi connectivity index (χ4v) is 4.67. The van der Waals surface area contributed by atoms with E-state index in [1.54, 1.807) is 0 Å². The zero-order valence-corrected chi connectivity index (χ0v) is 24.7. The van der Waals surface area contributed by atoms with Crippen molar-refractivity contribution in [2.75, 3.05) is 13.2 Å². The van der Waals surface area contributed by atoms with Crippen LogP contribution in [0.25, 0.3) is 0 Å². The van der Waals surface area contributed by atoms with Crippen LogP contribution in [0, 0.1) is 0 Å². The predicted molar refractivity (Wildman–Crippen MR) is 155 cm³/mol. The van der Waals surface area contributed by atoms with Crippen LogP contribution < -0.4 is 0 Å². The second-order valence-electron chi connectivity index (χ2n) is 10.9. The van der Waals surface area contributed by atoms with Crippen LogP contribution in [0.15, 0.2) is 0 Å². The van der Waals surface area contributed by atoms with Crippen LogP contribution in [0.3, 0.4) is 0 Å². The van der Waals surface area contributed by atoms with Gasteiger partial charge in [-0.1, -0.05) is 149 Å². The molecular formula is C32H62O5. The Morgan fingerprint density at radius 3 is 1.19 bits per heavy atom. The van der Waals surface area contributed by atoms with Gasteiger partial charge in [0.1, 0.15) is 6.61 Å². The molecule has 0 unspecified atom stereocenters. The van der Waals surface area contributed by atoms with Gasteiger partial charge in [0, 0.05) is 12.8 Å². The maximum absolute atomic E-state index is 12.1. The van der Waals surface area contributed by atoms with Crippen molar-refractivity contribution in [1.82, 2.24) is 0 Å². The predicted octanol–water partition coefficient (Wildman–Crippen LogP) is 9.23. The molecule has 0 fully saturated rings. The summed E-state index contributed by atoms with van der Waals surface area (Å²) < 4.78 is 10.5. The number of aliphatic hydroxyl groups is 1. The van der Waals surface area contributed by atoms with E-state index in [-0.39, 0.29) is 25.2 Å². The van der Waals surface area contributed by atoms with Crippen LogP contribution in [-0.4, -0.2) is 36.4 Å². The quantitative estimate of drug-likeness (QED) is 0.0776. The highest BCUT2D eigenvalue weighted by Crippen LogP contribution is 2.14. The second-order valence-corrected chi connectivity index (χ2v) is 10.9. The van der Waals surface area contributed by atoms with Gasteiger partial charge in [0.25, 0.3) is 0 Å². The first-order valence-electron chi connectivity index (χ1n) is 16.1. The molecule has 0 saturated carbocycles. The molecule has 0 spiro atoms. The molecule has 5 heteroatoms. The summed E-state index contributed by atoms with van der Waals surface area (Å²) in [6, 6.07) is 0. The standard InChI is InChI=1S/C32H62O5/c1-3-5-7-9-11-13-15-16-17-19-21-23-25-27-32(35)37-30(28-33)29-36-31(34)26-24-22-20-18-14-12-10-8-6-4-2/h30,33H,3-29H2,1-2H3/t30-/m0/s1. The summed E-state index contributed by atoms with van der Waals surface area (Å²) in [7, 11) is 0. The molecule has 0 saturated heterocycles. The zero-order valence-electron chi connectivity index (χ0n) is 24.7. The van der Waals surface area contributed by atoms with Gasteiger partial charge >= 0.3 is 11.9 Å². The van der Waals surface area contributed by atoms with Crippen molar-refractivity contribution in [2.45, 2.75) is 180 Å². The Kier molecular flexibility index (Phi) is 28.6. The summed E-state index contributed by atoms with van der Waals surface area (Å²) in [6.45, 7) is 4.12. The third-order valence-corrected chi connectivity index (χ3v) is 7.15. The smallest absolute Gasteiger partial charge is 0.306 e. The molecule has 0 aliphatic rings. The molecule has 0 aromatic heterocycles. The molecule has 0 aromatic carbocycles. The number of unbranched alkanes of at least 4 members (excludes halogenated alkanes) is 21. The first-order chi connectivity index (χ1) is 18.1. The minimum absolute atomic E-state index is 0.0581. The maximum Gasteiger partial charge on any atom is 0.306 e. The average molecular weight is 527 g/mol. The van der Waals surface area contributed by atoms with Gasteiger partial charge < -0.3 is 14.6 Å². The largest absolute Gasteiger partial charge is 0.462 e. The monoisotopic (exact) mass is 526 g/mol. The lowest BCUT2D eigenvalue weighted by Crippen LogP contribution is -2.28. The van der Waals surface area contributed by atoms with Crippen molar-refractivity contribution in [1.29, 1.82) is 0 Å². The first-order valence-corrected chi connectivity index (χ1v) is 16.1. The fraction of sp³-hybridized carbons (Fsp3) is 0.938. The molecule has 0 amide bonds. The van der Waals surface area contributed by atoms with Gasteiger partial charge in [-0.15, -0.1) is 0 Å². The summed E-state index contributed by atoms with van der Waals surface area (Å²) in [5, 5.41) is 9.47. The van der Waals surface area contributed by atoms with Crippen LogP contribution in [0.4, 0.5) is 0 Å². The van der Waals surface area contributed by atoms with Gasteiger partial charge in [0.15, 0.2) is 6.10 Å². The highest BCUT2D eigenvalue weighted by molar-refractivity contribution is 5.70. The Balaban J connectivity index is 3.55. The molecule has 0 radical (unpaired) electrons. The van der Waals surface area contributed by atoms with Gasteiger partial charge in [-0.05, 0) is 12.8 Å². The van der Waals surface area contributed by atoms with Gasteiger partial charge in [0.2, 0.25) is 0 Å². The van der Waals surface area contributed by atoms with E-state index in [2.05, 4.69) is 13.8 Å². The Bertz CT molecular complexity index is 494. The minimum Gasteiger partial charge on any atom is -0.462 e. The number of rotatable bonds is 29. The Morgan fingerprint density at radius 1 is 0.514 bits per heavy atom. The molecule has 0 heterocycles. The molecule has 0 rings (SSSR count). The van der Waals surface area contributed by atoms with E-state index in [1.165, 1.54) is 109 Å². The topological polar surface area (TPSA) is 72.8 Å². The normalized spacial score (nSPS) is 12.0. The number of esters is 2. The summed E-state index contributed by atoms with van der Waals surface area (Å²) in [5.41, 5.74) is 0. The zero-order chi connectivity index (χ0) is 27.2. The Morgan fingerprint density at radius 2 is 0.838 bits per heavy atom. The van der Waals surface area contributed by atoms with Gasteiger partial charge in [-0.2, -0.15) is 0 Å². The fourth-order valence-electron chi connectivity index (χ4n) is 4.67. The lowest BCUT2D eigenvalue weighted by molar-refractivity contribution is -0.161. The summed E-state index contributed by atoms with van der Waals surface area (Å²) >= 11 is 0. The van der Waals surface area contributed by atoms with E-state index < -0.39 is 6.10 Å². The minimum atomic E-state index is -0.758. The molecule has 0 aliphatic carbocycles. The molecule has 0 aromatic rings. The van der Waals surface area contributed by atoms with Crippen LogP contribution in [0.2, 0.25) is 0 Å². The average Bonchev–Trinajstić information content (AvgIpc) is 2.90. The van der Waals surface area contributed by atoms with Crippen LogP contribution >= 0.6 is 0 Å². The van der Waals surface area contributed by atoms with E-state index in [1.807, 2.05) is 0 Å². The van der Waals surface area contributed by atoms with E-state index in [9.17, 15) is 14.7 Å². The van der Waals surface area contributed by atoms with Crippen molar-refractivity contribution < 1.29 is 24.2 Å². The van der Waals surface area contributed by atoms with Crippen molar-refractivity contribution in [2.24, 2.45) is 0 Å². The highest BCUT2D eigenvalue weighted by Gasteiger charge is 2.16. The van der Waals surface area contributed by atoms with Crippen molar-refractivity contribution in [3.8, 4) is 0 Å². The lowest BCUT2D eigenvalue weighted by atomic mass is 10.0. The highest BCUT2D eigenvalue weighted by atomic mass is 16.6. The number of hydrogen-bond acceptors (Lipinski definition) is 5. The van der Waals surface area contributed by atoms with Crippen LogP contribution in [0.5, 0.6) is 0 Å². The van der Waals surface area contributed by atoms with Crippen molar-refractivity contribution in [3.63, 3.8) is 0 Å². The van der Waals surface area contributed by atoms with E-state index in [0.29, 0.717) is 12.8 Å². The molecule has 37 heavy (non-hydrogen) atoms. The molecular weight excluding hydrogens is 464 g/mol. The lowest BCUT2D eigenvalue weighted by Gasteiger charge is -2.15. The van der Waals surface area contributed by atoms with Gasteiger partial charge in [-0.25, -0.2) is 0 Å². The van der Waals surface area contributed by atoms with Crippen LogP contribution in [-0.2, 0) is 19.1 Å². The molecule has 220 valence electrons. The summed E-state index contributed by atoms with van der Waals surface area (Å²) in [6.07, 6.45) is 28.6. The van der Waals surface area contributed by atoms with Crippen molar-refractivity contribution in [3.05, 3.63) is 0 Å². The Labute approximate surface area is 229 Å². The maximum atomic E-state index is 12.1. The van der Waals surface area contributed by atoms with Gasteiger partial charge in [0.05, 0.1) is 6.61 Å². The third-order valence-electron chi connectivity index (χ3n) is 7.15. The van der Waals surface area contributed by atoms with E-state index >= 15 is 0 Å². The number of aliphatic hydroxyl groups excluding tert-OH is 1.